The van der Waals surface area contributed by atoms with Gasteiger partial charge in [0, 0.05) is 35.6 Å². The summed E-state index contributed by atoms with van der Waals surface area (Å²) in [6.07, 6.45) is 3.88. The highest BCUT2D eigenvalue weighted by molar-refractivity contribution is 7.80. The number of nitrogens with zero attached hydrogens (tertiary/aromatic N) is 1. The van der Waals surface area contributed by atoms with Gasteiger partial charge in [-0.1, -0.05) is 69.3 Å². The quantitative estimate of drug-likeness (QED) is 0.276. The van der Waals surface area contributed by atoms with Gasteiger partial charge in [-0.15, -0.1) is 0 Å². The number of benzene rings is 3. The summed E-state index contributed by atoms with van der Waals surface area (Å²) in [5.74, 6) is 0.000139. The van der Waals surface area contributed by atoms with Gasteiger partial charge in [0.1, 0.15) is 0 Å². The van der Waals surface area contributed by atoms with Crippen molar-refractivity contribution in [1.29, 1.82) is 0 Å². The predicted molar refractivity (Wildman–Crippen MR) is 155 cm³/mol. The van der Waals surface area contributed by atoms with Crippen LogP contribution in [-0.2, 0) is 5.41 Å². The summed E-state index contributed by atoms with van der Waals surface area (Å²) in [4.78, 5) is 15.5. The monoisotopic (exact) mass is 499 g/mol. The number of hydrogen-bond acceptors (Lipinski definition) is 3. The van der Waals surface area contributed by atoms with E-state index in [-0.39, 0.29) is 17.2 Å². The number of rotatable bonds is 6. The van der Waals surface area contributed by atoms with E-state index in [4.69, 9.17) is 12.2 Å². The lowest BCUT2D eigenvalue weighted by Crippen LogP contribution is -2.31. The van der Waals surface area contributed by atoms with Crippen LogP contribution in [0, 0.1) is 0 Å². The molecule has 1 fully saturated rings. The Morgan fingerprint density at radius 3 is 2.19 bits per heavy atom. The number of carbonyl (C=O) groups is 1. The van der Waals surface area contributed by atoms with Gasteiger partial charge in [0.15, 0.2) is 10.9 Å². The molecule has 1 aliphatic rings. The fourth-order valence-corrected chi connectivity index (χ4v) is 4.89. The van der Waals surface area contributed by atoms with E-state index in [1.54, 1.807) is 0 Å². The van der Waals surface area contributed by atoms with Gasteiger partial charge in [0.2, 0.25) is 0 Å². The molecule has 0 saturated carbocycles. The lowest BCUT2D eigenvalue weighted by Gasteiger charge is -2.29. The van der Waals surface area contributed by atoms with E-state index in [9.17, 15) is 4.79 Å². The molecule has 0 spiro atoms. The van der Waals surface area contributed by atoms with Crippen molar-refractivity contribution >= 4 is 34.5 Å². The van der Waals surface area contributed by atoms with E-state index in [1.165, 1.54) is 36.1 Å². The molecule has 5 heteroatoms. The molecule has 3 aromatic carbocycles. The zero-order valence-electron chi connectivity index (χ0n) is 21.8. The maximum atomic E-state index is 13.1. The lowest BCUT2D eigenvalue weighted by molar-refractivity contribution is 0.103. The third-order valence-electron chi connectivity index (χ3n) is 6.86. The summed E-state index contributed by atoms with van der Waals surface area (Å²) in [6.45, 7) is 10.9. The molecule has 188 valence electrons. The van der Waals surface area contributed by atoms with Crippen molar-refractivity contribution in [2.75, 3.05) is 23.3 Å². The highest BCUT2D eigenvalue weighted by Gasteiger charge is 2.16. The molecule has 4 rings (SSSR count). The molecule has 0 bridgehead atoms. The van der Waals surface area contributed by atoms with Gasteiger partial charge in [0.05, 0.1) is 6.04 Å². The van der Waals surface area contributed by atoms with Gasteiger partial charge in [-0.25, -0.2) is 0 Å². The second-order valence-electron chi connectivity index (χ2n) is 10.7. The molecule has 1 heterocycles. The van der Waals surface area contributed by atoms with Gasteiger partial charge in [0.25, 0.3) is 0 Å². The summed E-state index contributed by atoms with van der Waals surface area (Å²) in [6, 6.07) is 24.2. The Labute approximate surface area is 221 Å². The SMILES string of the molecule is C[C@H](NC(=S)Nc1cccc(C(=O)c2ccc(C(C)(C)C)cc2)c1)c1ccc(N2CCCCC2)cc1. The third kappa shape index (κ3) is 6.52. The minimum absolute atomic E-state index is 0.000139. The van der Waals surface area contributed by atoms with Crippen LogP contribution in [0.2, 0.25) is 0 Å². The normalized spacial score (nSPS) is 14.7. The van der Waals surface area contributed by atoms with Gasteiger partial charge in [-0.3, -0.25) is 4.79 Å². The van der Waals surface area contributed by atoms with Crippen LogP contribution in [-0.4, -0.2) is 24.0 Å². The van der Waals surface area contributed by atoms with Gasteiger partial charge in [-0.2, -0.15) is 0 Å². The standard InChI is InChI=1S/C31H37N3OS/c1-22(23-13-17-28(18-14-23)34-19-6-5-7-20-34)32-30(36)33-27-10-8-9-25(21-27)29(35)24-11-15-26(16-12-24)31(2,3)4/h8-18,21-22H,5-7,19-20H2,1-4H3,(H2,32,33,36)/t22-/m0/s1. The first kappa shape index (κ1) is 25.9. The van der Waals surface area contributed by atoms with E-state index >= 15 is 0 Å². The van der Waals surface area contributed by atoms with Crippen LogP contribution in [0.15, 0.2) is 72.8 Å². The zero-order valence-corrected chi connectivity index (χ0v) is 22.6. The van der Waals surface area contributed by atoms with Crippen LogP contribution >= 0.6 is 12.2 Å². The highest BCUT2D eigenvalue weighted by atomic mass is 32.1. The molecule has 0 aromatic heterocycles. The number of thiocarbonyl (C=S) groups is 1. The van der Waals surface area contributed by atoms with Crippen molar-refractivity contribution in [3.05, 3.63) is 95.1 Å². The third-order valence-corrected chi connectivity index (χ3v) is 7.08. The average Bonchev–Trinajstić information content (AvgIpc) is 2.88. The molecule has 0 amide bonds. The molecular formula is C31H37N3OS. The minimum Gasteiger partial charge on any atom is -0.372 e. The van der Waals surface area contributed by atoms with Crippen molar-refractivity contribution < 1.29 is 4.79 Å². The van der Waals surface area contributed by atoms with Crippen molar-refractivity contribution in [1.82, 2.24) is 5.32 Å². The smallest absolute Gasteiger partial charge is 0.193 e. The van der Waals surface area contributed by atoms with Crippen molar-refractivity contribution in [3.63, 3.8) is 0 Å². The number of piperidine rings is 1. The summed E-state index contributed by atoms with van der Waals surface area (Å²) in [7, 11) is 0. The molecule has 36 heavy (non-hydrogen) atoms. The summed E-state index contributed by atoms with van der Waals surface area (Å²) in [5.41, 5.74) is 5.85. The number of anilines is 2. The molecule has 2 N–H and O–H groups in total. The second kappa shape index (κ2) is 11.3. The number of nitrogens with one attached hydrogen (secondary N) is 2. The Morgan fingerprint density at radius 1 is 0.889 bits per heavy atom. The second-order valence-corrected chi connectivity index (χ2v) is 11.1. The molecule has 1 saturated heterocycles. The molecule has 3 aromatic rings. The van der Waals surface area contributed by atoms with Crippen LogP contribution in [0.25, 0.3) is 0 Å². The molecule has 4 nitrogen and oxygen atoms in total. The van der Waals surface area contributed by atoms with Gasteiger partial charge >= 0.3 is 0 Å². The van der Waals surface area contributed by atoms with Gasteiger partial charge in [-0.05, 0) is 79.2 Å². The molecule has 0 unspecified atom stereocenters. The Hall–Kier alpha value is -3.18. The van der Waals surface area contributed by atoms with E-state index in [0.29, 0.717) is 16.2 Å². The zero-order chi connectivity index (χ0) is 25.7. The van der Waals surface area contributed by atoms with Gasteiger partial charge < -0.3 is 15.5 Å². The number of ketones is 1. The fourth-order valence-electron chi connectivity index (χ4n) is 4.60. The van der Waals surface area contributed by atoms with E-state index in [0.717, 1.165) is 18.8 Å². The fraction of sp³-hybridized carbons (Fsp3) is 0.355. The number of hydrogen-bond donors (Lipinski definition) is 2. The topological polar surface area (TPSA) is 44.4 Å². The Bertz CT molecular complexity index is 1190. The molecule has 0 aliphatic carbocycles. The van der Waals surface area contributed by atoms with Crippen molar-refractivity contribution in [2.24, 2.45) is 0 Å². The van der Waals surface area contributed by atoms with E-state index < -0.39 is 0 Å². The first-order chi connectivity index (χ1) is 17.2. The van der Waals surface area contributed by atoms with Crippen LogP contribution in [0.3, 0.4) is 0 Å². The molecule has 0 radical (unpaired) electrons. The first-order valence-electron chi connectivity index (χ1n) is 12.9. The number of carbonyl (C=O) groups excluding carboxylic acids is 1. The van der Waals surface area contributed by atoms with Crippen LogP contribution in [0.1, 0.15) is 80.0 Å². The largest absolute Gasteiger partial charge is 0.372 e. The highest BCUT2D eigenvalue weighted by Crippen LogP contribution is 2.24. The lowest BCUT2D eigenvalue weighted by atomic mass is 9.86. The summed E-state index contributed by atoms with van der Waals surface area (Å²) in [5, 5.41) is 7.14. The Morgan fingerprint density at radius 2 is 1.56 bits per heavy atom. The Balaban J connectivity index is 1.36. The Kier molecular flexibility index (Phi) is 8.10. The molecular weight excluding hydrogens is 462 g/mol. The predicted octanol–water partition coefficient (Wildman–Crippen LogP) is 7.25. The summed E-state index contributed by atoms with van der Waals surface area (Å²) >= 11 is 5.58. The van der Waals surface area contributed by atoms with Crippen molar-refractivity contribution in [3.8, 4) is 0 Å². The maximum Gasteiger partial charge on any atom is 0.193 e. The molecule has 1 atom stereocenters. The minimum atomic E-state index is 0.000139. The average molecular weight is 500 g/mol. The van der Waals surface area contributed by atoms with Crippen LogP contribution in [0.4, 0.5) is 11.4 Å². The van der Waals surface area contributed by atoms with Crippen LogP contribution in [0.5, 0.6) is 0 Å². The van der Waals surface area contributed by atoms with E-state index in [1.807, 2.05) is 48.5 Å². The molecule has 1 aliphatic heterocycles. The first-order valence-corrected chi connectivity index (χ1v) is 13.3. The van der Waals surface area contributed by atoms with Crippen molar-refractivity contribution in [2.45, 2.75) is 58.4 Å². The maximum absolute atomic E-state index is 13.1. The summed E-state index contributed by atoms with van der Waals surface area (Å²) < 4.78 is 0. The van der Waals surface area contributed by atoms with Crippen LogP contribution < -0.4 is 15.5 Å². The van der Waals surface area contributed by atoms with E-state index in [2.05, 4.69) is 67.5 Å².